The SMILES string of the molecule is CCN(c1c[c]ccc1)C1CCCN1. The molecule has 1 unspecified atom stereocenters. The molecule has 2 rings (SSSR count). The number of benzene rings is 1. The predicted octanol–water partition coefficient (Wildman–Crippen LogP) is 2.02. The minimum absolute atomic E-state index is 0.524. The summed E-state index contributed by atoms with van der Waals surface area (Å²) in [7, 11) is 0. The Morgan fingerprint density at radius 3 is 3.14 bits per heavy atom. The van der Waals surface area contributed by atoms with Gasteiger partial charge in [-0.1, -0.05) is 12.1 Å². The van der Waals surface area contributed by atoms with Crippen molar-refractivity contribution in [3.05, 3.63) is 30.3 Å². The van der Waals surface area contributed by atoms with Crippen molar-refractivity contribution in [2.75, 3.05) is 18.0 Å². The van der Waals surface area contributed by atoms with E-state index < -0.39 is 0 Å². The van der Waals surface area contributed by atoms with Crippen LogP contribution < -0.4 is 10.2 Å². The molecular weight excluding hydrogens is 172 g/mol. The van der Waals surface area contributed by atoms with Crippen LogP contribution in [0.2, 0.25) is 0 Å². The van der Waals surface area contributed by atoms with Crippen LogP contribution in [-0.4, -0.2) is 19.3 Å². The maximum Gasteiger partial charge on any atom is 0.0796 e. The Balaban J connectivity index is 2.12. The van der Waals surface area contributed by atoms with E-state index in [9.17, 15) is 0 Å². The van der Waals surface area contributed by atoms with Gasteiger partial charge in [0.15, 0.2) is 0 Å². The fourth-order valence-corrected chi connectivity index (χ4v) is 2.08. The fraction of sp³-hybridized carbons (Fsp3) is 0.500. The van der Waals surface area contributed by atoms with Crippen LogP contribution in [0.4, 0.5) is 5.69 Å². The van der Waals surface area contributed by atoms with Crippen molar-refractivity contribution in [1.82, 2.24) is 5.32 Å². The van der Waals surface area contributed by atoms with Crippen LogP contribution in [0.25, 0.3) is 0 Å². The van der Waals surface area contributed by atoms with Crippen LogP contribution in [0.15, 0.2) is 24.3 Å². The number of rotatable bonds is 3. The van der Waals surface area contributed by atoms with E-state index >= 15 is 0 Å². The lowest BCUT2D eigenvalue weighted by atomic mass is 10.2. The van der Waals surface area contributed by atoms with E-state index in [0.29, 0.717) is 6.17 Å². The Kier molecular flexibility index (Phi) is 3.04. The quantitative estimate of drug-likeness (QED) is 0.782. The second-order valence-electron chi connectivity index (χ2n) is 3.66. The molecule has 0 aliphatic carbocycles. The molecule has 2 nitrogen and oxygen atoms in total. The summed E-state index contributed by atoms with van der Waals surface area (Å²) >= 11 is 0. The van der Waals surface area contributed by atoms with Crippen LogP contribution in [-0.2, 0) is 0 Å². The van der Waals surface area contributed by atoms with Gasteiger partial charge < -0.3 is 4.90 Å². The number of anilines is 1. The molecule has 2 heteroatoms. The maximum absolute atomic E-state index is 3.52. The number of nitrogens with one attached hydrogen (secondary N) is 1. The Labute approximate surface area is 85.9 Å². The molecule has 1 radical (unpaired) electrons. The largest absolute Gasteiger partial charge is 0.356 e. The Bertz CT molecular complexity index is 265. The number of hydrogen-bond acceptors (Lipinski definition) is 2. The molecule has 1 saturated heterocycles. The average molecular weight is 189 g/mol. The zero-order chi connectivity index (χ0) is 9.80. The lowest BCUT2D eigenvalue weighted by molar-refractivity contribution is 0.568. The van der Waals surface area contributed by atoms with E-state index in [-0.39, 0.29) is 0 Å². The van der Waals surface area contributed by atoms with E-state index in [1.807, 2.05) is 12.1 Å². The summed E-state index contributed by atoms with van der Waals surface area (Å²) in [6.45, 7) is 4.40. The summed E-state index contributed by atoms with van der Waals surface area (Å²) in [5, 5.41) is 3.52. The standard InChI is InChI=1S/C12H17N2/c1-2-14(12-9-6-10-13-12)11-7-4-3-5-8-11/h3-4,7-8,12-13H,2,6,9-10H2,1H3. The molecule has 14 heavy (non-hydrogen) atoms. The summed E-state index contributed by atoms with van der Waals surface area (Å²) in [5.74, 6) is 0. The molecule has 0 bridgehead atoms. The fourth-order valence-electron chi connectivity index (χ4n) is 2.08. The molecule has 1 aromatic rings. The predicted molar refractivity (Wildman–Crippen MR) is 59.3 cm³/mol. The minimum Gasteiger partial charge on any atom is -0.356 e. The summed E-state index contributed by atoms with van der Waals surface area (Å²) in [6, 6.07) is 11.3. The van der Waals surface area contributed by atoms with Gasteiger partial charge in [0.25, 0.3) is 0 Å². The highest BCUT2D eigenvalue weighted by atomic mass is 15.3. The van der Waals surface area contributed by atoms with Gasteiger partial charge in [-0.3, -0.25) is 5.32 Å². The van der Waals surface area contributed by atoms with Crippen molar-refractivity contribution in [3.8, 4) is 0 Å². The average Bonchev–Trinajstić information content (AvgIpc) is 2.74. The topological polar surface area (TPSA) is 15.3 Å². The number of hydrogen-bond donors (Lipinski definition) is 1. The van der Waals surface area contributed by atoms with Gasteiger partial charge in [-0.2, -0.15) is 0 Å². The van der Waals surface area contributed by atoms with Gasteiger partial charge in [0, 0.05) is 12.2 Å². The van der Waals surface area contributed by atoms with Gasteiger partial charge in [-0.05, 0) is 44.5 Å². The van der Waals surface area contributed by atoms with Crippen molar-refractivity contribution in [1.29, 1.82) is 0 Å². The Morgan fingerprint density at radius 2 is 2.57 bits per heavy atom. The second kappa shape index (κ2) is 4.47. The van der Waals surface area contributed by atoms with Gasteiger partial charge in [0.05, 0.1) is 6.17 Å². The molecule has 1 aromatic carbocycles. The molecule has 1 aliphatic heterocycles. The van der Waals surface area contributed by atoms with Gasteiger partial charge >= 0.3 is 0 Å². The molecule has 75 valence electrons. The molecule has 0 aromatic heterocycles. The van der Waals surface area contributed by atoms with Gasteiger partial charge in [-0.15, -0.1) is 0 Å². The minimum atomic E-state index is 0.524. The van der Waals surface area contributed by atoms with Crippen molar-refractivity contribution in [2.24, 2.45) is 0 Å². The van der Waals surface area contributed by atoms with Crippen LogP contribution in [0.3, 0.4) is 0 Å². The van der Waals surface area contributed by atoms with E-state index in [1.54, 1.807) is 0 Å². The highest BCUT2D eigenvalue weighted by Crippen LogP contribution is 2.19. The second-order valence-corrected chi connectivity index (χ2v) is 3.66. The Morgan fingerprint density at radius 1 is 1.64 bits per heavy atom. The van der Waals surface area contributed by atoms with Gasteiger partial charge in [-0.25, -0.2) is 0 Å². The summed E-state index contributed by atoms with van der Waals surface area (Å²) < 4.78 is 0. The summed E-state index contributed by atoms with van der Waals surface area (Å²) in [6.07, 6.45) is 3.07. The molecule has 1 atom stereocenters. The first-order chi connectivity index (χ1) is 6.92. The van der Waals surface area contributed by atoms with Crippen molar-refractivity contribution in [3.63, 3.8) is 0 Å². The third kappa shape index (κ3) is 1.90. The van der Waals surface area contributed by atoms with E-state index in [0.717, 1.165) is 13.1 Å². The highest BCUT2D eigenvalue weighted by molar-refractivity contribution is 5.46. The third-order valence-corrected chi connectivity index (χ3v) is 2.77. The van der Waals surface area contributed by atoms with Crippen LogP contribution in [0, 0.1) is 6.07 Å². The van der Waals surface area contributed by atoms with Gasteiger partial charge in [0.2, 0.25) is 0 Å². The highest BCUT2D eigenvalue weighted by Gasteiger charge is 2.20. The monoisotopic (exact) mass is 189 g/mol. The first kappa shape index (κ1) is 9.53. The van der Waals surface area contributed by atoms with Crippen molar-refractivity contribution >= 4 is 5.69 Å². The van der Waals surface area contributed by atoms with E-state index in [2.05, 4.69) is 35.3 Å². The molecule has 1 heterocycles. The maximum atomic E-state index is 3.52. The molecule has 0 saturated carbocycles. The first-order valence-corrected chi connectivity index (χ1v) is 5.38. The number of nitrogens with zero attached hydrogens (tertiary/aromatic N) is 1. The third-order valence-electron chi connectivity index (χ3n) is 2.77. The molecule has 0 spiro atoms. The molecule has 1 fully saturated rings. The summed E-state index contributed by atoms with van der Waals surface area (Å²) in [4.78, 5) is 2.41. The molecule has 1 aliphatic rings. The van der Waals surface area contributed by atoms with E-state index in [1.165, 1.54) is 18.5 Å². The Hall–Kier alpha value is -1.02. The molecule has 1 N–H and O–H groups in total. The molecular formula is C12H17N2. The van der Waals surface area contributed by atoms with E-state index in [4.69, 9.17) is 0 Å². The molecule has 0 amide bonds. The van der Waals surface area contributed by atoms with Crippen molar-refractivity contribution in [2.45, 2.75) is 25.9 Å². The first-order valence-electron chi connectivity index (χ1n) is 5.38. The van der Waals surface area contributed by atoms with Crippen molar-refractivity contribution < 1.29 is 0 Å². The van der Waals surface area contributed by atoms with Crippen LogP contribution in [0.1, 0.15) is 19.8 Å². The normalized spacial score (nSPS) is 21.1. The zero-order valence-electron chi connectivity index (χ0n) is 8.66. The van der Waals surface area contributed by atoms with Gasteiger partial charge in [0.1, 0.15) is 0 Å². The summed E-state index contributed by atoms with van der Waals surface area (Å²) in [5.41, 5.74) is 1.27. The van der Waals surface area contributed by atoms with Crippen LogP contribution in [0.5, 0.6) is 0 Å². The lowest BCUT2D eigenvalue weighted by Crippen LogP contribution is -2.41. The lowest BCUT2D eigenvalue weighted by Gasteiger charge is -2.29. The smallest absolute Gasteiger partial charge is 0.0796 e. The van der Waals surface area contributed by atoms with Crippen LogP contribution >= 0.6 is 0 Å². The zero-order valence-corrected chi connectivity index (χ0v) is 8.66.